The molecule has 0 N–H and O–H groups in total. The number of benzene rings is 1. The van der Waals surface area contributed by atoms with Crippen LogP contribution in [0.25, 0.3) is 0 Å². The molecule has 17 heavy (non-hydrogen) atoms. The number of hydrogen-bond donors (Lipinski definition) is 0. The highest BCUT2D eigenvalue weighted by molar-refractivity contribution is 6.11. The number of esters is 1. The maximum absolute atomic E-state index is 11.5. The standard InChI is InChI=1S/C13H14N2O2/c1-9-4-6-10(7-5-9)12-14-11(8-15(2)3)13(16)17-12/h4-8H,1-3H3/b11-8-. The summed E-state index contributed by atoms with van der Waals surface area (Å²) in [4.78, 5) is 17.5. The highest BCUT2D eigenvalue weighted by Gasteiger charge is 2.24. The average Bonchev–Trinajstić information content (AvgIpc) is 2.60. The zero-order valence-corrected chi connectivity index (χ0v) is 10.1. The van der Waals surface area contributed by atoms with Gasteiger partial charge in [0.15, 0.2) is 5.70 Å². The number of cyclic esters (lactones) is 1. The van der Waals surface area contributed by atoms with Crippen LogP contribution in [0, 0.1) is 6.92 Å². The number of nitrogens with zero attached hydrogens (tertiary/aromatic N) is 2. The molecule has 1 heterocycles. The molecule has 4 heteroatoms. The minimum atomic E-state index is -0.408. The van der Waals surface area contributed by atoms with E-state index < -0.39 is 5.97 Å². The summed E-state index contributed by atoms with van der Waals surface area (Å²) < 4.78 is 5.12. The van der Waals surface area contributed by atoms with Gasteiger partial charge in [-0.15, -0.1) is 0 Å². The van der Waals surface area contributed by atoms with E-state index in [9.17, 15) is 4.79 Å². The third kappa shape index (κ3) is 2.53. The summed E-state index contributed by atoms with van der Waals surface area (Å²) in [5.41, 5.74) is 2.29. The van der Waals surface area contributed by atoms with Gasteiger partial charge in [0.05, 0.1) is 0 Å². The van der Waals surface area contributed by atoms with Crippen LogP contribution in [0.4, 0.5) is 0 Å². The van der Waals surface area contributed by atoms with Crippen molar-refractivity contribution in [1.29, 1.82) is 0 Å². The van der Waals surface area contributed by atoms with Crippen molar-refractivity contribution in [2.75, 3.05) is 14.1 Å². The Kier molecular flexibility index (Phi) is 2.95. The van der Waals surface area contributed by atoms with E-state index in [0.29, 0.717) is 11.6 Å². The average molecular weight is 230 g/mol. The Morgan fingerprint density at radius 1 is 1.24 bits per heavy atom. The van der Waals surface area contributed by atoms with Crippen molar-refractivity contribution in [3.8, 4) is 0 Å². The summed E-state index contributed by atoms with van der Waals surface area (Å²) in [6.45, 7) is 2.00. The lowest BCUT2D eigenvalue weighted by Gasteiger charge is -2.02. The smallest absolute Gasteiger partial charge is 0.365 e. The van der Waals surface area contributed by atoms with E-state index in [2.05, 4.69) is 4.99 Å². The van der Waals surface area contributed by atoms with Crippen LogP contribution in [-0.4, -0.2) is 30.9 Å². The Hall–Kier alpha value is -2.10. The summed E-state index contributed by atoms with van der Waals surface area (Å²) in [7, 11) is 3.67. The number of carbonyl (C=O) groups is 1. The van der Waals surface area contributed by atoms with Crippen LogP contribution in [0.3, 0.4) is 0 Å². The Labute approximate surface area is 100 Å². The van der Waals surface area contributed by atoms with Crippen molar-refractivity contribution in [2.24, 2.45) is 4.99 Å². The Morgan fingerprint density at radius 2 is 1.88 bits per heavy atom. The van der Waals surface area contributed by atoms with Crippen molar-refractivity contribution in [2.45, 2.75) is 6.92 Å². The van der Waals surface area contributed by atoms with Crippen LogP contribution in [0.5, 0.6) is 0 Å². The van der Waals surface area contributed by atoms with Gasteiger partial charge in [-0.2, -0.15) is 0 Å². The molecular formula is C13H14N2O2. The zero-order chi connectivity index (χ0) is 12.4. The van der Waals surface area contributed by atoms with Gasteiger partial charge < -0.3 is 9.64 Å². The third-order valence-electron chi connectivity index (χ3n) is 2.30. The molecular weight excluding hydrogens is 216 g/mol. The van der Waals surface area contributed by atoms with Crippen LogP contribution < -0.4 is 0 Å². The lowest BCUT2D eigenvalue weighted by molar-refractivity contribution is -0.130. The fraction of sp³-hybridized carbons (Fsp3) is 0.231. The summed E-state index contributed by atoms with van der Waals surface area (Å²) in [5, 5.41) is 0. The Balaban J connectivity index is 2.30. The molecule has 0 atom stereocenters. The molecule has 88 valence electrons. The van der Waals surface area contributed by atoms with E-state index in [0.717, 1.165) is 11.1 Å². The highest BCUT2D eigenvalue weighted by atomic mass is 16.6. The number of ether oxygens (including phenoxy) is 1. The topological polar surface area (TPSA) is 41.9 Å². The van der Waals surface area contributed by atoms with Crippen molar-refractivity contribution >= 4 is 11.9 Å². The fourth-order valence-corrected chi connectivity index (χ4v) is 1.46. The largest absolute Gasteiger partial charge is 0.402 e. The number of rotatable bonds is 2. The monoisotopic (exact) mass is 230 g/mol. The molecule has 0 aliphatic carbocycles. The molecule has 1 aromatic rings. The third-order valence-corrected chi connectivity index (χ3v) is 2.30. The Bertz CT molecular complexity index is 499. The van der Waals surface area contributed by atoms with Crippen LogP contribution in [0.1, 0.15) is 11.1 Å². The van der Waals surface area contributed by atoms with Crippen LogP contribution in [0.2, 0.25) is 0 Å². The number of hydrogen-bond acceptors (Lipinski definition) is 4. The quantitative estimate of drug-likeness (QED) is 0.573. The molecule has 0 amide bonds. The van der Waals surface area contributed by atoms with Crippen molar-refractivity contribution < 1.29 is 9.53 Å². The molecule has 0 saturated heterocycles. The molecule has 0 unspecified atom stereocenters. The number of aryl methyl sites for hydroxylation is 1. The van der Waals surface area contributed by atoms with Gasteiger partial charge in [0.2, 0.25) is 5.90 Å². The van der Waals surface area contributed by atoms with Crippen LogP contribution >= 0.6 is 0 Å². The maximum atomic E-state index is 11.5. The molecule has 0 saturated carbocycles. The van der Waals surface area contributed by atoms with E-state index in [1.165, 1.54) is 0 Å². The van der Waals surface area contributed by atoms with E-state index in [4.69, 9.17) is 4.74 Å². The number of carbonyl (C=O) groups excluding carboxylic acids is 1. The van der Waals surface area contributed by atoms with Gasteiger partial charge in [0.25, 0.3) is 0 Å². The molecule has 0 aromatic heterocycles. The van der Waals surface area contributed by atoms with Crippen molar-refractivity contribution in [3.63, 3.8) is 0 Å². The van der Waals surface area contributed by atoms with Gasteiger partial charge in [-0.05, 0) is 19.1 Å². The first-order chi connectivity index (χ1) is 8.06. The summed E-state index contributed by atoms with van der Waals surface area (Å²) in [5.74, 6) is -0.0441. The fourth-order valence-electron chi connectivity index (χ4n) is 1.46. The van der Waals surface area contributed by atoms with Crippen molar-refractivity contribution in [1.82, 2.24) is 4.90 Å². The SMILES string of the molecule is Cc1ccc(C2=N/C(=C\N(C)C)C(=O)O2)cc1. The first-order valence-electron chi connectivity index (χ1n) is 5.32. The molecule has 2 rings (SSSR count). The van der Waals surface area contributed by atoms with Crippen molar-refractivity contribution in [3.05, 3.63) is 47.3 Å². The molecule has 1 aliphatic rings. The molecule has 0 spiro atoms. The normalized spacial score (nSPS) is 17.0. The van der Waals surface area contributed by atoms with Crippen LogP contribution in [0.15, 0.2) is 41.2 Å². The molecule has 1 aliphatic heterocycles. The van der Waals surface area contributed by atoms with Gasteiger partial charge in [-0.3, -0.25) is 0 Å². The van der Waals surface area contributed by atoms with Gasteiger partial charge in [0.1, 0.15) is 0 Å². The molecule has 1 aromatic carbocycles. The molecule has 0 bridgehead atoms. The second kappa shape index (κ2) is 4.41. The second-order valence-electron chi connectivity index (χ2n) is 4.15. The summed E-state index contributed by atoms with van der Waals surface area (Å²) in [6.07, 6.45) is 1.64. The predicted molar refractivity (Wildman–Crippen MR) is 65.6 cm³/mol. The number of aliphatic imine (C=N–C) groups is 1. The van der Waals surface area contributed by atoms with Gasteiger partial charge in [-0.1, -0.05) is 17.7 Å². The van der Waals surface area contributed by atoms with E-state index in [1.807, 2.05) is 45.3 Å². The Morgan fingerprint density at radius 3 is 2.47 bits per heavy atom. The first-order valence-corrected chi connectivity index (χ1v) is 5.32. The van der Waals surface area contributed by atoms with Crippen LogP contribution in [-0.2, 0) is 9.53 Å². The lowest BCUT2D eigenvalue weighted by Crippen LogP contribution is -2.07. The minimum Gasteiger partial charge on any atom is -0.402 e. The maximum Gasteiger partial charge on any atom is 0.365 e. The molecule has 0 radical (unpaired) electrons. The predicted octanol–water partition coefficient (Wildman–Crippen LogP) is 1.70. The molecule has 4 nitrogen and oxygen atoms in total. The second-order valence-corrected chi connectivity index (χ2v) is 4.15. The van der Waals surface area contributed by atoms with E-state index in [1.54, 1.807) is 11.1 Å². The first kappa shape index (κ1) is 11.4. The molecule has 0 fully saturated rings. The summed E-state index contributed by atoms with van der Waals surface area (Å²) in [6, 6.07) is 7.69. The minimum absolute atomic E-state index is 0.325. The highest BCUT2D eigenvalue weighted by Crippen LogP contribution is 2.16. The van der Waals surface area contributed by atoms with E-state index >= 15 is 0 Å². The van der Waals surface area contributed by atoms with Gasteiger partial charge >= 0.3 is 5.97 Å². The van der Waals surface area contributed by atoms with E-state index in [-0.39, 0.29) is 0 Å². The summed E-state index contributed by atoms with van der Waals surface area (Å²) >= 11 is 0. The van der Waals surface area contributed by atoms with Gasteiger partial charge in [0, 0.05) is 25.9 Å². The zero-order valence-electron chi connectivity index (χ0n) is 10.1. The van der Waals surface area contributed by atoms with Gasteiger partial charge in [-0.25, -0.2) is 9.79 Å². The lowest BCUT2D eigenvalue weighted by atomic mass is 10.1.